The van der Waals surface area contributed by atoms with E-state index in [4.69, 9.17) is 10.5 Å². The van der Waals surface area contributed by atoms with Crippen molar-refractivity contribution in [3.05, 3.63) is 23.6 Å². The lowest BCUT2D eigenvalue weighted by molar-refractivity contribution is 0.398. The maximum absolute atomic E-state index is 11.2. The Morgan fingerprint density at radius 3 is 2.88 bits per heavy atom. The van der Waals surface area contributed by atoms with Crippen LogP contribution in [0.2, 0.25) is 0 Å². The van der Waals surface area contributed by atoms with E-state index in [0.717, 1.165) is 0 Å². The zero-order valence-electron chi connectivity index (χ0n) is 9.25. The molecule has 1 aromatic heterocycles. The number of pyridine rings is 1. The summed E-state index contributed by atoms with van der Waals surface area (Å²) in [4.78, 5) is 4.11. The topological polar surface area (TPSA) is 94.3 Å². The predicted octanol–water partition coefficient (Wildman–Crippen LogP) is 0.395. The molecule has 0 bridgehead atoms. The van der Waals surface area contributed by atoms with Gasteiger partial charge in [-0.15, -0.1) is 0 Å². The second kappa shape index (κ2) is 4.25. The van der Waals surface area contributed by atoms with Crippen LogP contribution in [0, 0.1) is 0 Å². The number of anilines is 2. The molecule has 0 saturated heterocycles. The Hall–Kier alpha value is -1.76. The predicted molar refractivity (Wildman–Crippen MR) is 65.5 cm³/mol. The first-order valence-corrected chi connectivity index (χ1v) is 6.70. The smallest absolute Gasteiger partial charge is 0.215 e. The van der Waals surface area contributed by atoms with Gasteiger partial charge in [-0.05, 0) is 12.1 Å². The molecule has 3 N–H and O–H groups in total. The fraction of sp³-hybridized carbons (Fsp3) is 0.300. The highest BCUT2D eigenvalue weighted by Gasteiger charge is 2.22. The van der Waals surface area contributed by atoms with E-state index in [2.05, 4.69) is 10.3 Å². The highest BCUT2D eigenvalue weighted by atomic mass is 32.2. The molecule has 0 amide bonds. The molecule has 92 valence electrons. The fourth-order valence-electron chi connectivity index (χ4n) is 1.52. The van der Waals surface area contributed by atoms with Crippen LogP contribution in [-0.4, -0.2) is 32.3 Å². The first-order chi connectivity index (χ1) is 8.00. The van der Waals surface area contributed by atoms with E-state index in [9.17, 15) is 8.42 Å². The summed E-state index contributed by atoms with van der Waals surface area (Å²) in [6.45, 7) is 0. The van der Waals surface area contributed by atoms with Crippen molar-refractivity contribution in [1.82, 2.24) is 4.98 Å². The molecule has 1 atom stereocenters. The van der Waals surface area contributed by atoms with Gasteiger partial charge < -0.3 is 15.8 Å². The number of nitrogens with two attached hydrogens (primary N) is 1. The van der Waals surface area contributed by atoms with Gasteiger partial charge in [0, 0.05) is 11.5 Å². The number of ether oxygens (including phenoxy) is 1. The Morgan fingerprint density at radius 2 is 2.29 bits per heavy atom. The largest absolute Gasteiger partial charge is 0.481 e. The summed E-state index contributed by atoms with van der Waals surface area (Å²) in [5.74, 6) is 0.869. The van der Waals surface area contributed by atoms with E-state index < -0.39 is 9.84 Å². The summed E-state index contributed by atoms with van der Waals surface area (Å²) >= 11 is 0. The monoisotopic (exact) mass is 255 g/mol. The number of rotatable bonds is 3. The zero-order valence-corrected chi connectivity index (χ0v) is 10.1. The van der Waals surface area contributed by atoms with Crippen LogP contribution >= 0.6 is 0 Å². The minimum absolute atomic E-state index is 0.0192. The number of nitrogens with one attached hydrogen (secondary N) is 1. The van der Waals surface area contributed by atoms with Gasteiger partial charge in [-0.1, -0.05) is 0 Å². The van der Waals surface area contributed by atoms with Crippen LogP contribution in [0.1, 0.15) is 0 Å². The Morgan fingerprint density at radius 1 is 1.53 bits per heavy atom. The van der Waals surface area contributed by atoms with E-state index in [-0.39, 0.29) is 11.8 Å². The summed E-state index contributed by atoms with van der Waals surface area (Å²) < 4.78 is 27.4. The summed E-state index contributed by atoms with van der Waals surface area (Å²) in [6, 6.07) is 2.99. The highest BCUT2D eigenvalue weighted by molar-refractivity contribution is 7.94. The Labute approximate surface area is 99.4 Å². The van der Waals surface area contributed by atoms with Crippen LogP contribution in [0.15, 0.2) is 23.6 Å². The average molecular weight is 255 g/mol. The first kappa shape index (κ1) is 11.7. The highest BCUT2D eigenvalue weighted by Crippen LogP contribution is 2.22. The molecule has 0 fully saturated rings. The Bertz CT molecular complexity index is 554. The van der Waals surface area contributed by atoms with Gasteiger partial charge in [-0.2, -0.15) is 4.98 Å². The Kier molecular flexibility index (Phi) is 2.93. The molecule has 0 aromatic carbocycles. The van der Waals surface area contributed by atoms with Crippen LogP contribution in [0.25, 0.3) is 0 Å². The lowest BCUT2D eigenvalue weighted by Gasteiger charge is -2.13. The van der Waals surface area contributed by atoms with Gasteiger partial charge in [0.1, 0.15) is 0 Å². The standard InChI is InChI=1S/C10H13N3O3S/c1-16-9-3-2-8(11)10(13-9)12-7-4-5-17(14,15)6-7/h2-5,7H,6,11H2,1H3,(H,12,13). The van der Waals surface area contributed by atoms with Gasteiger partial charge in [-0.25, -0.2) is 8.42 Å². The van der Waals surface area contributed by atoms with Crippen molar-refractivity contribution in [3.63, 3.8) is 0 Å². The van der Waals surface area contributed by atoms with Gasteiger partial charge in [0.05, 0.1) is 24.6 Å². The van der Waals surface area contributed by atoms with Gasteiger partial charge in [-0.3, -0.25) is 0 Å². The third-order valence-electron chi connectivity index (χ3n) is 2.36. The van der Waals surface area contributed by atoms with Crippen LogP contribution < -0.4 is 15.8 Å². The summed E-state index contributed by atoms with van der Waals surface area (Å²) in [5, 5.41) is 4.15. The summed E-state index contributed by atoms with van der Waals surface area (Å²) in [5.41, 5.74) is 6.18. The number of hydrogen-bond acceptors (Lipinski definition) is 6. The number of aromatic nitrogens is 1. The van der Waals surface area contributed by atoms with E-state index in [0.29, 0.717) is 17.4 Å². The van der Waals surface area contributed by atoms with Gasteiger partial charge in [0.25, 0.3) is 0 Å². The van der Waals surface area contributed by atoms with E-state index >= 15 is 0 Å². The van der Waals surface area contributed by atoms with E-state index in [1.165, 1.54) is 12.5 Å². The normalized spacial score (nSPS) is 21.4. The molecule has 1 aromatic rings. The van der Waals surface area contributed by atoms with Crippen LogP contribution in [0.3, 0.4) is 0 Å². The molecule has 2 rings (SSSR count). The van der Waals surface area contributed by atoms with Crippen molar-refractivity contribution in [3.8, 4) is 5.88 Å². The first-order valence-electron chi connectivity index (χ1n) is 4.98. The molecule has 0 spiro atoms. The molecule has 1 aliphatic rings. The minimum Gasteiger partial charge on any atom is -0.481 e. The fourth-order valence-corrected chi connectivity index (χ4v) is 2.76. The van der Waals surface area contributed by atoms with Crippen LogP contribution in [0.4, 0.5) is 11.5 Å². The summed E-state index contributed by atoms with van der Waals surface area (Å²) in [7, 11) is -1.58. The maximum Gasteiger partial charge on any atom is 0.215 e. The van der Waals surface area contributed by atoms with Crippen LogP contribution in [0.5, 0.6) is 5.88 Å². The summed E-state index contributed by atoms with van der Waals surface area (Å²) in [6.07, 6.45) is 1.58. The zero-order chi connectivity index (χ0) is 12.5. The number of sulfone groups is 1. The van der Waals surface area contributed by atoms with Gasteiger partial charge in [0.2, 0.25) is 5.88 Å². The van der Waals surface area contributed by atoms with Crippen molar-refractivity contribution in [1.29, 1.82) is 0 Å². The minimum atomic E-state index is -3.09. The number of hydrogen-bond donors (Lipinski definition) is 2. The van der Waals surface area contributed by atoms with Gasteiger partial charge >= 0.3 is 0 Å². The Balaban J connectivity index is 2.17. The average Bonchev–Trinajstić information content (AvgIpc) is 2.61. The molecule has 0 aliphatic carbocycles. The third kappa shape index (κ3) is 2.68. The quantitative estimate of drug-likeness (QED) is 0.811. The number of methoxy groups -OCH3 is 1. The molecular formula is C10H13N3O3S. The molecule has 1 aliphatic heterocycles. The van der Waals surface area contributed by atoms with Crippen molar-refractivity contribution in [2.75, 3.05) is 23.9 Å². The van der Waals surface area contributed by atoms with Crippen molar-refractivity contribution < 1.29 is 13.2 Å². The van der Waals surface area contributed by atoms with E-state index in [1.54, 1.807) is 18.2 Å². The maximum atomic E-state index is 11.2. The molecule has 0 radical (unpaired) electrons. The van der Waals surface area contributed by atoms with E-state index in [1.807, 2.05) is 0 Å². The number of nitrogen functional groups attached to an aromatic ring is 1. The SMILES string of the molecule is COc1ccc(N)c(NC2C=CS(=O)(=O)C2)n1. The number of nitrogens with zero attached hydrogens (tertiary/aromatic N) is 1. The van der Waals surface area contributed by atoms with Crippen LogP contribution in [-0.2, 0) is 9.84 Å². The molecule has 6 nitrogen and oxygen atoms in total. The van der Waals surface area contributed by atoms with Crippen molar-refractivity contribution >= 4 is 21.3 Å². The lowest BCUT2D eigenvalue weighted by atomic mass is 10.3. The second-order valence-corrected chi connectivity index (χ2v) is 5.63. The molecule has 7 heteroatoms. The molecule has 17 heavy (non-hydrogen) atoms. The van der Waals surface area contributed by atoms with Crippen molar-refractivity contribution in [2.24, 2.45) is 0 Å². The van der Waals surface area contributed by atoms with Gasteiger partial charge in [0.15, 0.2) is 15.7 Å². The molecule has 1 unspecified atom stereocenters. The molecule has 0 saturated carbocycles. The second-order valence-electron chi connectivity index (χ2n) is 3.70. The van der Waals surface area contributed by atoms with Crippen molar-refractivity contribution in [2.45, 2.75) is 6.04 Å². The third-order valence-corrected chi connectivity index (χ3v) is 3.76. The molecular weight excluding hydrogens is 242 g/mol. The lowest BCUT2D eigenvalue weighted by Crippen LogP contribution is -2.22. The molecule has 2 heterocycles.